The first-order valence-electron chi connectivity index (χ1n) is 7.86. The van der Waals surface area contributed by atoms with Crippen molar-refractivity contribution in [1.82, 2.24) is 10.2 Å². The Balaban J connectivity index is 3.89. The fraction of sp³-hybridized carbons (Fsp3) is 1.00. The molecule has 0 aliphatic rings. The van der Waals surface area contributed by atoms with Gasteiger partial charge in [0.1, 0.15) is 0 Å². The summed E-state index contributed by atoms with van der Waals surface area (Å²) < 4.78 is 0. The molecule has 0 saturated carbocycles. The SMILES string of the molecule is CCCCCCC(C)NC(CC(C)C)CN(C)C. The second-order valence-electron chi connectivity index (χ2n) is 6.51. The maximum atomic E-state index is 3.81. The van der Waals surface area contributed by atoms with Crippen LogP contribution in [0.15, 0.2) is 0 Å². The number of likely N-dealkylation sites (N-methyl/N-ethyl adjacent to an activating group) is 1. The summed E-state index contributed by atoms with van der Waals surface area (Å²) >= 11 is 0. The van der Waals surface area contributed by atoms with Crippen LogP contribution in [0.3, 0.4) is 0 Å². The zero-order valence-corrected chi connectivity index (χ0v) is 13.6. The Hall–Kier alpha value is -0.0800. The van der Waals surface area contributed by atoms with Crippen LogP contribution in [0.5, 0.6) is 0 Å². The highest BCUT2D eigenvalue weighted by Crippen LogP contribution is 2.10. The van der Waals surface area contributed by atoms with E-state index in [2.05, 4.69) is 52.0 Å². The Bertz CT molecular complexity index is 168. The van der Waals surface area contributed by atoms with Gasteiger partial charge in [0.15, 0.2) is 0 Å². The van der Waals surface area contributed by atoms with Crippen molar-refractivity contribution < 1.29 is 0 Å². The Morgan fingerprint density at radius 1 is 1.00 bits per heavy atom. The van der Waals surface area contributed by atoms with E-state index in [0.29, 0.717) is 12.1 Å². The van der Waals surface area contributed by atoms with Gasteiger partial charge < -0.3 is 10.2 Å². The van der Waals surface area contributed by atoms with Crippen LogP contribution in [-0.2, 0) is 0 Å². The van der Waals surface area contributed by atoms with E-state index in [0.717, 1.165) is 12.5 Å². The number of nitrogens with one attached hydrogen (secondary N) is 1. The van der Waals surface area contributed by atoms with E-state index in [4.69, 9.17) is 0 Å². The molecule has 0 aliphatic carbocycles. The number of unbranched alkanes of at least 4 members (excludes halogenated alkanes) is 3. The summed E-state index contributed by atoms with van der Waals surface area (Å²) in [5.41, 5.74) is 0. The summed E-state index contributed by atoms with van der Waals surface area (Å²) in [7, 11) is 4.34. The molecule has 0 fully saturated rings. The minimum Gasteiger partial charge on any atom is -0.310 e. The monoisotopic (exact) mass is 256 g/mol. The molecule has 0 radical (unpaired) electrons. The average Bonchev–Trinajstić information content (AvgIpc) is 2.22. The fourth-order valence-electron chi connectivity index (χ4n) is 2.57. The molecule has 2 heteroatoms. The lowest BCUT2D eigenvalue weighted by molar-refractivity contribution is 0.284. The van der Waals surface area contributed by atoms with Crippen LogP contribution < -0.4 is 5.32 Å². The third-order valence-electron chi connectivity index (χ3n) is 3.35. The number of hydrogen-bond acceptors (Lipinski definition) is 2. The van der Waals surface area contributed by atoms with E-state index in [-0.39, 0.29) is 0 Å². The first kappa shape index (κ1) is 17.9. The van der Waals surface area contributed by atoms with Crippen molar-refractivity contribution >= 4 is 0 Å². The van der Waals surface area contributed by atoms with Crippen LogP contribution in [0, 0.1) is 5.92 Å². The molecule has 2 atom stereocenters. The van der Waals surface area contributed by atoms with Crippen LogP contribution in [0.4, 0.5) is 0 Å². The molecule has 2 unspecified atom stereocenters. The summed E-state index contributed by atoms with van der Waals surface area (Å²) in [6.07, 6.45) is 8.08. The first-order chi connectivity index (χ1) is 8.45. The highest BCUT2D eigenvalue weighted by Gasteiger charge is 2.14. The Labute approximate surface area is 116 Å². The van der Waals surface area contributed by atoms with Gasteiger partial charge in [-0.05, 0) is 39.8 Å². The summed E-state index contributed by atoms with van der Waals surface area (Å²) in [6, 6.07) is 1.30. The van der Waals surface area contributed by atoms with Gasteiger partial charge >= 0.3 is 0 Å². The van der Waals surface area contributed by atoms with Crippen LogP contribution in [0.2, 0.25) is 0 Å². The van der Waals surface area contributed by atoms with E-state index in [1.165, 1.54) is 38.5 Å². The molecule has 0 aromatic rings. The van der Waals surface area contributed by atoms with E-state index in [9.17, 15) is 0 Å². The summed E-state index contributed by atoms with van der Waals surface area (Å²) in [6.45, 7) is 10.4. The van der Waals surface area contributed by atoms with Gasteiger partial charge in [-0.2, -0.15) is 0 Å². The zero-order chi connectivity index (χ0) is 14.0. The van der Waals surface area contributed by atoms with Gasteiger partial charge in [0, 0.05) is 18.6 Å². The minimum absolute atomic E-state index is 0.640. The highest BCUT2D eigenvalue weighted by atomic mass is 15.1. The Morgan fingerprint density at radius 2 is 1.67 bits per heavy atom. The van der Waals surface area contributed by atoms with Crippen molar-refractivity contribution in [3.05, 3.63) is 0 Å². The maximum Gasteiger partial charge on any atom is 0.0199 e. The highest BCUT2D eigenvalue weighted by molar-refractivity contribution is 4.75. The molecule has 1 N–H and O–H groups in total. The van der Waals surface area contributed by atoms with Crippen molar-refractivity contribution in [2.75, 3.05) is 20.6 Å². The van der Waals surface area contributed by atoms with Crippen LogP contribution in [0.25, 0.3) is 0 Å². The summed E-state index contributed by atoms with van der Waals surface area (Å²) in [5.74, 6) is 0.773. The molecule has 0 rings (SSSR count). The lowest BCUT2D eigenvalue weighted by atomic mass is 10.0. The number of nitrogens with zero attached hydrogens (tertiary/aromatic N) is 1. The molecule has 0 heterocycles. The topological polar surface area (TPSA) is 15.3 Å². The smallest absolute Gasteiger partial charge is 0.0199 e. The quantitative estimate of drug-likeness (QED) is 0.564. The van der Waals surface area contributed by atoms with Gasteiger partial charge in [-0.3, -0.25) is 0 Å². The van der Waals surface area contributed by atoms with E-state index in [1.54, 1.807) is 0 Å². The van der Waals surface area contributed by atoms with E-state index >= 15 is 0 Å². The van der Waals surface area contributed by atoms with Gasteiger partial charge in [0.05, 0.1) is 0 Å². The Kier molecular flexibility index (Phi) is 10.8. The lowest BCUT2D eigenvalue weighted by Gasteiger charge is -2.27. The van der Waals surface area contributed by atoms with Crippen molar-refractivity contribution in [3.63, 3.8) is 0 Å². The third-order valence-corrected chi connectivity index (χ3v) is 3.35. The zero-order valence-electron chi connectivity index (χ0n) is 13.6. The van der Waals surface area contributed by atoms with Crippen molar-refractivity contribution in [2.45, 2.75) is 78.3 Å². The van der Waals surface area contributed by atoms with Crippen LogP contribution in [-0.4, -0.2) is 37.6 Å². The van der Waals surface area contributed by atoms with Crippen LogP contribution in [0.1, 0.15) is 66.2 Å². The standard InChI is InChI=1S/C16H36N2/c1-7-8-9-10-11-15(4)17-16(12-14(2)3)13-18(5)6/h14-17H,7-13H2,1-6H3. The number of rotatable bonds is 11. The molecule has 0 aromatic carbocycles. The van der Waals surface area contributed by atoms with Crippen molar-refractivity contribution in [1.29, 1.82) is 0 Å². The second kappa shape index (κ2) is 10.8. The Morgan fingerprint density at radius 3 is 2.17 bits per heavy atom. The fourth-order valence-corrected chi connectivity index (χ4v) is 2.57. The van der Waals surface area contributed by atoms with Gasteiger partial charge in [0.2, 0.25) is 0 Å². The normalized spacial score (nSPS) is 15.3. The molecule has 0 spiro atoms. The van der Waals surface area contributed by atoms with Gasteiger partial charge in [0.25, 0.3) is 0 Å². The molecule has 110 valence electrons. The molecule has 0 saturated heterocycles. The summed E-state index contributed by atoms with van der Waals surface area (Å²) in [5, 5.41) is 3.81. The van der Waals surface area contributed by atoms with Crippen LogP contribution >= 0.6 is 0 Å². The predicted molar refractivity (Wildman–Crippen MR) is 83.2 cm³/mol. The van der Waals surface area contributed by atoms with E-state index in [1.807, 2.05) is 0 Å². The van der Waals surface area contributed by atoms with E-state index < -0.39 is 0 Å². The first-order valence-corrected chi connectivity index (χ1v) is 7.86. The average molecular weight is 256 g/mol. The molecule has 0 aliphatic heterocycles. The molecule has 2 nitrogen and oxygen atoms in total. The molecular formula is C16H36N2. The molecule has 0 bridgehead atoms. The van der Waals surface area contributed by atoms with Gasteiger partial charge in [-0.1, -0.05) is 46.5 Å². The van der Waals surface area contributed by atoms with Gasteiger partial charge in [-0.15, -0.1) is 0 Å². The number of hydrogen-bond donors (Lipinski definition) is 1. The summed E-state index contributed by atoms with van der Waals surface area (Å²) in [4.78, 5) is 2.30. The van der Waals surface area contributed by atoms with Gasteiger partial charge in [-0.25, -0.2) is 0 Å². The second-order valence-corrected chi connectivity index (χ2v) is 6.51. The molecular weight excluding hydrogens is 220 g/mol. The molecule has 0 aromatic heterocycles. The lowest BCUT2D eigenvalue weighted by Crippen LogP contribution is -2.43. The molecule has 18 heavy (non-hydrogen) atoms. The maximum absolute atomic E-state index is 3.81. The van der Waals surface area contributed by atoms with Crippen molar-refractivity contribution in [2.24, 2.45) is 5.92 Å². The molecule has 0 amide bonds. The predicted octanol–water partition coefficient (Wildman–Crippen LogP) is 3.91. The largest absolute Gasteiger partial charge is 0.310 e. The third kappa shape index (κ3) is 11.0. The van der Waals surface area contributed by atoms with Crippen molar-refractivity contribution in [3.8, 4) is 0 Å². The minimum atomic E-state index is 0.640.